The van der Waals surface area contributed by atoms with Crippen molar-refractivity contribution in [2.45, 2.75) is 22.2 Å². The van der Waals surface area contributed by atoms with E-state index in [2.05, 4.69) is 10.1 Å². The van der Waals surface area contributed by atoms with E-state index in [0.717, 1.165) is 21.0 Å². The molecular formula is C17H16N4O3S2. The van der Waals surface area contributed by atoms with Gasteiger partial charge in [0.15, 0.2) is 0 Å². The maximum absolute atomic E-state index is 12.9. The number of nitrogen functional groups attached to an aromatic ring is 1. The van der Waals surface area contributed by atoms with Crippen LogP contribution in [0.3, 0.4) is 0 Å². The van der Waals surface area contributed by atoms with Gasteiger partial charge >= 0.3 is 0 Å². The summed E-state index contributed by atoms with van der Waals surface area (Å²) in [5.41, 5.74) is 7.77. The maximum Gasteiger partial charge on any atom is 0.286 e. The number of anilines is 1. The minimum atomic E-state index is -3.90. The van der Waals surface area contributed by atoms with Crippen LogP contribution in [0.25, 0.3) is 0 Å². The van der Waals surface area contributed by atoms with Gasteiger partial charge in [-0.15, -0.1) is 9.19 Å². The van der Waals surface area contributed by atoms with E-state index < -0.39 is 10.0 Å². The lowest BCUT2D eigenvalue weighted by Gasteiger charge is -2.06. The second-order valence-corrected chi connectivity index (χ2v) is 8.45. The molecule has 4 rings (SSSR count). The normalized spacial score (nSPS) is 13.4. The SMILES string of the molecule is Nc1nc(SCc2ccccc2)nn1S(=O)(=O)c1ccc2c(c1)CCO2. The van der Waals surface area contributed by atoms with Crippen LogP contribution in [0, 0.1) is 0 Å². The zero-order valence-electron chi connectivity index (χ0n) is 13.7. The number of nitrogens with two attached hydrogens (primary N) is 1. The average Bonchev–Trinajstić information content (AvgIpc) is 3.26. The van der Waals surface area contributed by atoms with Crippen LogP contribution < -0.4 is 10.5 Å². The van der Waals surface area contributed by atoms with Crippen LogP contribution in [0.15, 0.2) is 58.6 Å². The van der Waals surface area contributed by atoms with Crippen molar-refractivity contribution in [3.05, 3.63) is 59.7 Å². The molecule has 1 aliphatic rings. The van der Waals surface area contributed by atoms with Crippen molar-refractivity contribution in [3.8, 4) is 5.75 Å². The maximum atomic E-state index is 12.9. The number of thioether (sulfide) groups is 1. The largest absolute Gasteiger partial charge is 0.493 e. The molecule has 0 aliphatic carbocycles. The molecule has 26 heavy (non-hydrogen) atoms. The third kappa shape index (κ3) is 3.15. The molecule has 1 aromatic heterocycles. The van der Waals surface area contributed by atoms with E-state index >= 15 is 0 Å². The van der Waals surface area contributed by atoms with Gasteiger partial charge in [-0.05, 0) is 29.3 Å². The molecule has 9 heteroatoms. The van der Waals surface area contributed by atoms with E-state index in [-0.39, 0.29) is 10.8 Å². The van der Waals surface area contributed by atoms with Crippen LogP contribution in [-0.2, 0) is 22.2 Å². The summed E-state index contributed by atoms with van der Waals surface area (Å²) < 4.78 is 32.0. The van der Waals surface area contributed by atoms with Crippen LogP contribution in [-0.4, -0.2) is 29.2 Å². The van der Waals surface area contributed by atoms with Gasteiger partial charge in [0.05, 0.1) is 11.5 Å². The Hall–Kier alpha value is -2.52. The van der Waals surface area contributed by atoms with Crippen molar-refractivity contribution in [3.63, 3.8) is 0 Å². The first-order valence-corrected chi connectivity index (χ1v) is 10.4. The first-order valence-electron chi connectivity index (χ1n) is 7.94. The second-order valence-electron chi connectivity index (χ2n) is 5.74. The Morgan fingerprint density at radius 2 is 2.00 bits per heavy atom. The molecule has 0 unspecified atom stereocenters. The Kier molecular flexibility index (Phi) is 4.33. The van der Waals surface area contributed by atoms with Crippen LogP contribution in [0.2, 0.25) is 0 Å². The molecule has 0 bridgehead atoms. The van der Waals surface area contributed by atoms with Gasteiger partial charge in [0.25, 0.3) is 10.0 Å². The van der Waals surface area contributed by atoms with E-state index in [1.165, 1.54) is 17.8 Å². The van der Waals surface area contributed by atoms with Gasteiger partial charge < -0.3 is 10.5 Å². The summed E-state index contributed by atoms with van der Waals surface area (Å²) >= 11 is 1.33. The Morgan fingerprint density at radius 1 is 1.19 bits per heavy atom. The number of hydrogen-bond donors (Lipinski definition) is 1. The molecule has 134 valence electrons. The van der Waals surface area contributed by atoms with E-state index in [1.54, 1.807) is 12.1 Å². The number of fused-ring (bicyclic) bond motifs is 1. The lowest BCUT2D eigenvalue weighted by atomic mass is 10.2. The molecule has 0 amide bonds. The van der Waals surface area contributed by atoms with Crippen molar-refractivity contribution < 1.29 is 13.2 Å². The summed E-state index contributed by atoms with van der Waals surface area (Å²) in [6.07, 6.45) is 0.684. The van der Waals surface area contributed by atoms with Gasteiger partial charge in [-0.25, -0.2) is 0 Å². The zero-order valence-corrected chi connectivity index (χ0v) is 15.3. The molecule has 2 aromatic carbocycles. The fourth-order valence-corrected chi connectivity index (χ4v) is 4.72. The Morgan fingerprint density at radius 3 is 2.81 bits per heavy atom. The summed E-state index contributed by atoms with van der Waals surface area (Å²) in [7, 11) is -3.90. The average molecular weight is 388 g/mol. The predicted octanol–water partition coefficient (Wildman–Crippen LogP) is 2.32. The van der Waals surface area contributed by atoms with Crippen molar-refractivity contribution >= 4 is 27.7 Å². The standard InChI is InChI=1S/C17H16N4O3S2/c18-16-19-17(25-11-12-4-2-1-3-5-12)20-21(16)26(22,23)14-6-7-15-13(10-14)8-9-24-15/h1-7,10H,8-9,11H2,(H2,18,19,20). The van der Waals surface area contributed by atoms with Gasteiger partial charge in [0, 0.05) is 12.2 Å². The van der Waals surface area contributed by atoms with E-state index in [1.807, 2.05) is 30.3 Å². The van der Waals surface area contributed by atoms with Crippen molar-refractivity contribution in [1.29, 1.82) is 0 Å². The van der Waals surface area contributed by atoms with E-state index in [4.69, 9.17) is 10.5 Å². The van der Waals surface area contributed by atoms with Crippen molar-refractivity contribution in [1.82, 2.24) is 14.2 Å². The monoisotopic (exact) mass is 388 g/mol. The molecule has 2 N–H and O–H groups in total. The topological polar surface area (TPSA) is 100 Å². The quantitative estimate of drug-likeness (QED) is 0.670. The van der Waals surface area contributed by atoms with Gasteiger partial charge in [-0.3, -0.25) is 0 Å². The van der Waals surface area contributed by atoms with E-state index in [0.29, 0.717) is 23.9 Å². The molecule has 2 heterocycles. The smallest absolute Gasteiger partial charge is 0.286 e. The molecule has 1 aliphatic heterocycles. The van der Waals surface area contributed by atoms with Gasteiger partial charge in [-0.1, -0.05) is 42.1 Å². The van der Waals surface area contributed by atoms with Crippen LogP contribution >= 0.6 is 11.8 Å². The number of nitrogens with zero attached hydrogens (tertiary/aromatic N) is 3. The minimum absolute atomic E-state index is 0.123. The fourth-order valence-electron chi connectivity index (χ4n) is 2.68. The number of ether oxygens (including phenoxy) is 1. The second kappa shape index (κ2) is 6.65. The molecule has 0 saturated heterocycles. The summed E-state index contributed by atoms with van der Waals surface area (Å²) in [6, 6.07) is 14.6. The number of benzene rings is 2. The first kappa shape index (κ1) is 16.9. The van der Waals surface area contributed by atoms with Gasteiger partial charge in [-0.2, -0.15) is 13.4 Å². The molecule has 7 nitrogen and oxygen atoms in total. The molecule has 0 spiro atoms. The molecule has 0 radical (unpaired) electrons. The third-order valence-corrected chi connectivity index (χ3v) is 6.46. The lowest BCUT2D eigenvalue weighted by molar-refractivity contribution is 0.356. The zero-order chi connectivity index (χ0) is 18.1. The van der Waals surface area contributed by atoms with Crippen LogP contribution in [0.4, 0.5) is 5.95 Å². The van der Waals surface area contributed by atoms with E-state index in [9.17, 15) is 8.42 Å². The Labute approximate surface area is 155 Å². The summed E-state index contributed by atoms with van der Waals surface area (Å²) in [6.45, 7) is 0.560. The van der Waals surface area contributed by atoms with Crippen molar-refractivity contribution in [2.75, 3.05) is 12.3 Å². The number of hydrogen-bond acceptors (Lipinski definition) is 7. The van der Waals surface area contributed by atoms with Gasteiger partial charge in [0.1, 0.15) is 5.75 Å². The highest BCUT2D eigenvalue weighted by Gasteiger charge is 2.25. The number of aromatic nitrogens is 3. The third-order valence-electron chi connectivity index (χ3n) is 3.98. The minimum Gasteiger partial charge on any atom is -0.493 e. The predicted molar refractivity (Wildman–Crippen MR) is 98.7 cm³/mol. The summed E-state index contributed by atoms with van der Waals surface area (Å²) in [4.78, 5) is 4.20. The van der Waals surface area contributed by atoms with Crippen LogP contribution in [0.1, 0.15) is 11.1 Å². The summed E-state index contributed by atoms with van der Waals surface area (Å²) in [5.74, 6) is 1.19. The number of rotatable bonds is 5. The van der Waals surface area contributed by atoms with Gasteiger partial charge in [0.2, 0.25) is 11.1 Å². The molecule has 0 atom stereocenters. The Bertz CT molecular complexity index is 1050. The Balaban J connectivity index is 1.60. The molecule has 0 saturated carbocycles. The van der Waals surface area contributed by atoms with Crippen molar-refractivity contribution in [2.24, 2.45) is 0 Å². The molecular weight excluding hydrogens is 372 g/mol. The summed E-state index contributed by atoms with van der Waals surface area (Å²) in [5, 5.41) is 4.41. The highest BCUT2D eigenvalue weighted by molar-refractivity contribution is 7.98. The first-order chi connectivity index (χ1) is 12.5. The highest BCUT2D eigenvalue weighted by Crippen LogP contribution is 2.29. The van der Waals surface area contributed by atoms with Crippen LogP contribution in [0.5, 0.6) is 5.75 Å². The fraction of sp³-hybridized carbons (Fsp3) is 0.176. The molecule has 0 fully saturated rings. The highest BCUT2D eigenvalue weighted by atomic mass is 32.2. The lowest BCUT2D eigenvalue weighted by Crippen LogP contribution is -2.17. The molecule has 3 aromatic rings.